The zero-order valence-electron chi connectivity index (χ0n) is 20.5. The number of nitrogens with zero attached hydrogens (tertiary/aromatic N) is 1. The molecule has 8 nitrogen and oxygen atoms in total. The molecule has 1 heterocycles. The van der Waals surface area contributed by atoms with Crippen LogP contribution in [0.2, 0.25) is 5.02 Å². The number of esters is 1. The van der Waals surface area contributed by atoms with Crippen LogP contribution in [0.25, 0.3) is 0 Å². The highest BCUT2D eigenvalue weighted by Gasteiger charge is 2.27. The molecule has 3 aromatic rings. The molecule has 0 aliphatic carbocycles. The first kappa shape index (κ1) is 28.7. The van der Waals surface area contributed by atoms with Crippen molar-refractivity contribution >= 4 is 68.9 Å². The molecule has 196 valence electrons. The van der Waals surface area contributed by atoms with Crippen molar-refractivity contribution in [2.24, 2.45) is 0 Å². The Balaban J connectivity index is 1.98. The lowest BCUT2D eigenvalue weighted by atomic mass is 10.1. The van der Waals surface area contributed by atoms with Gasteiger partial charge in [-0.05, 0) is 74.2 Å². The van der Waals surface area contributed by atoms with E-state index >= 15 is 0 Å². The number of hydrogen-bond donors (Lipinski definition) is 3. The van der Waals surface area contributed by atoms with Gasteiger partial charge in [0.25, 0.3) is 11.8 Å². The standard InChI is InChI=1S/C26H22ClFN4O4S2/c1-4-36-26(35)20-14(2)21(23(34)31-17-9-5-15(27)6-10-17)38-25(20)32-24(37-3)19(13-29)22(33)30-18-11-7-16(28)8-12-18/h5-12,32H,4H2,1-3H3,(H,30,33)(H,31,34)/b24-19+. The number of carbonyl (C=O) groups excluding carboxylic acids is 3. The van der Waals surface area contributed by atoms with E-state index in [0.717, 1.165) is 23.1 Å². The molecule has 0 aliphatic heterocycles. The molecule has 0 saturated heterocycles. The Morgan fingerprint density at radius 3 is 2.24 bits per heavy atom. The second-order valence-corrected chi connectivity index (χ2v) is 9.82. The Bertz CT molecular complexity index is 1430. The quantitative estimate of drug-likeness (QED) is 0.153. The van der Waals surface area contributed by atoms with Crippen LogP contribution in [0.4, 0.5) is 20.8 Å². The third-order valence-electron chi connectivity index (χ3n) is 5.03. The van der Waals surface area contributed by atoms with Crippen LogP contribution < -0.4 is 16.0 Å². The van der Waals surface area contributed by atoms with Crippen molar-refractivity contribution in [3.05, 3.63) is 86.0 Å². The van der Waals surface area contributed by atoms with Crippen LogP contribution in [0.5, 0.6) is 0 Å². The SMILES string of the molecule is CCOC(=O)c1c(N/C(SC)=C(/C#N)C(=O)Nc2ccc(F)cc2)sc(C(=O)Nc2ccc(Cl)cc2)c1C. The number of nitrogens with one attached hydrogen (secondary N) is 3. The largest absolute Gasteiger partial charge is 0.462 e. The van der Waals surface area contributed by atoms with Gasteiger partial charge >= 0.3 is 5.97 Å². The third kappa shape index (κ3) is 6.92. The maximum atomic E-state index is 13.2. The first-order valence-corrected chi connectivity index (χ1v) is 13.5. The number of ether oxygens (including phenoxy) is 1. The van der Waals surface area contributed by atoms with Crippen LogP contribution in [0.3, 0.4) is 0 Å². The Morgan fingerprint density at radius 1 is 1.05 bits per heavy atom. The van der Waals surface area contributed by atoms with E-state index in [9.17, 15) is 24.0 Å². The molecule has 0 atom stereocenters. The van der Waals surface area contributed by atoms with Gasteiger partial charge in [-0.15, -0.1) is 23.1 Å². The molecule has 0 unspecified atom stereocenters. The number of benzene rings is 2. The van der Waals surface area contributed by atoms with Crippen LogP contribution in [0.1, 0.15) is 32.5 Å². The summed E-state index contributed by atoms with van der Waals surface area (Å²) in [5.74, 6) is -2.33. The molecule has 1 aromatic heterocycles. The average Bonchev–Trinajstić information content (AvgIpc) is 3.22. The van der Waals surface area contributed by atoms with Gasteiger partial charge in [0.1, 0.15) is 22.5 Å². The summed E-state index contributed by atoms with van der Waals surface area (Å²) < 4.78 is 18.4. The van der Waals surface area contributed by atoms with Gasteiger partial charge in [0.15, 0.2) is 0 Å². The lowest BCUT2D eigenvalue weighted by molar-refractivity contribution is -0.112. The Hall–Kier alpha value is -3.85. The maximum Gasteiger partial charge on any atom is 0.341 e. The summed E-state index contributed by atoms with van der Waals surface area (Å²) in [4.78, 5) is 39.0. The smallest absolute Gasteiger partial charge is 0.341 e. The van der Waals surface area contributed by atoms with Crippen LogP contribution in [-0.2, 0) is 9.53 Å². The summed E-state index contributed by atoms with van der Waals surface area (Å²) in [6.45, 7) is 3.37. The van der Waals surface area contributed by atoms with Crippen molar-refractivity contribution in [3.63, 3.8) is 0 Å². The predicted molar refractivity (Wildman–Crippen MR) is 149 cm³/mol. The zero-order chi connectivity index (χ0) is 27.8. The van der Waals surface area contributed by atoms with Gasteiger partial charge in [0.2, 0.25) is 0 Å². The minimum atomic E-state index is -0.734. The van der Waals surface area contributed by atoms with Crippen LogP contribution in [0.15, 0.2) is 59.1 Å². The highest BCUT2D eigenvalue weighted by molar-refractivity contribution is 8.02. The maximum absolute atomic E-state index is 13.2. The molecule has 0 aliphatic rings. The number of hydrogen-bond acceptors (Lipinski definition) is 8. The molecular weight excluding hydrogens is 551 g/mol. The summed E-state index contributed by atoms with van der Waals surface area (Å²) in [6.07, 6.45) is 1.64. The number of halogens is 2. The topological polar surface area (TPSA) is 120 Å². The van der Waals surface area contributed by atoms with Crippen molar-refractivity contribution in [2.75, 3.05) is 28.8 Å². The highest BCUT2D eigenvalue weighted by Crippen LogP contribution is 2.37. The molecule has 0 spiro atoms. The minimum absolute atomic E-state index is 0.106. The molecule has 12 heteroatoms. The van der Waals surface area contributed by atoms with Gasteiger partial charge < -0.3 is 20.7 Å². The second-order valence-electron chi connectivity index (χ2n) is 7.55. The number of thiophene rings is 1. The lowest BCUT2D eigenvalue weighted by Crippen LogP contribution is -2.17. The number of carbonyl (C=O) groups is 3. The van der Waals surface area contributed by atoms with Gasteiger partial charge in [-0.25, -0.2) is 9.18 Å². The summed E-state index contributed by atoms with van der Waals surface area (Å²) in [5, 5.41) is 18.9. The van der Waals surface area contributed by atoms with E-state index in [1.165, 1.54) is 24.3 Å². The molecule has 3 N–H and O–H groups in total. The average molecular weight is 573 g/mol. The van der Waals surface area contributed by atoms with Crippen LogP contribution in [0, 0.1) is 24.1 Å². The fourth-order valence-electron chi connectivity index (χ4n) is 3.24. The van der Waals surface area contributed by atoms with E-state index in [2.05, 4.69) is 16.0 Å². The van der Waals surface area contributed by atoms with Crippen LogP contribution in [-0.4, -0.2) is 30.6 Å². The van der Waals surface area contributed by atoms with Gasteiger partial charge in [0.05, 0.1) is 22.1 Å². The van der Waals surface area contributed by atoms with Gasteiger partial charge in [0, 0.05) is 16.4 Å². The van der Waals surface area contributed by atoms with E-state index in [-0.39, 0.29) is 32.7 Å². The predicted octanol–water partition coefficient (Wildman–Crippen LogP) is 6.43. The first-order chi connectivity index (χ1) is 18.2. The molecule has 2 amide bonds. The number of anilines is 3. The van der Waals surface area contributed by atoms with E-state index in [0.29, 0.717) is 22.0 Å². The Kier molecular flexibility index (Phi) is 9.90. The molecule has 0 saturated carbocycles. The lowest BCUT2D eigenvalue weighted by Gasteiger charge is -2.12. The van der Waals surface area contributed by atoms with Crippen molar-refractivity contribution in [3.8, 4) is 6.07 Å². The third-order valence-corrected chi connectivity index (χ3v) is 7.21. The van der Waals surface area contributed by atoms with Gasteiger partial charge in [-0.3, -0.25) is 9.59 Å². The molecule has 3 rings (SSSR count). The molecule has 0 bridgehead atoms. The Morgan fingerprint density at radius 2 is 1.66 bits per heavy atom. The summed E-state index contributed by atoms with van der Waals surface area (Å²) in [6, 6.07) is 13.5. The summed E-state index contributed by atoms with van der Waals surface area (Å²) in [7, 11) is 0. The molecule has 2 aromatic carbocycles. The van der Waals surface area contributed by atoms with E-state index in [1.54, 1.807) is 44.4 Å². The number of rotatable bonds is 9. The number of amides is 2. The molecule has 0 fully saturated rings. The number of nitriles is 1. The van der Waals surface area contributed by atoms with E-state index < -0.39 is 23.6 Å². The van der Waals surface area contributed by atoms with Gasteiger partial charge in [-0.2, -0.15) is 5.26 Å². The second kappa shape index (κ2) is 13.1. The van der Waals surface area contributed by atoms with Gasteiger partial charge in [-0.1, -0.05) is 11.6 Å². The highest BCUT2D eigenvalue weighted by atomic mass is 35.5. The van der Waals surface area contributed by atoms with E-state index in [1.807, 2.05) is 6.07 Å². The minimum Gasteiger partial charge on any atom is -0.462 e. The van der Waals surface area contributed by atoms with Crippen molar-refractivity contribution < 1.29 is 23.5 Å². The van der Waals surface area contributed by atoms with Crippen molar-refractivity contribution in [1.82, 2.24) is 0 Å². The summed E-state index contributed by atoms with van der Waals surface area (Å²) >= 11 is 7.96. The van der Waals surface area contributed by atoms with Crippen molar-refractivity contribution in [2.45, 2.75) is 13.8 Å². The number of thioether (sulfide) groups is 1. The monoisotopic (exact) mass is 572 g/mol. The van der Waals surface area contributed by atoms with Crippen molar-refractivity contribution in [1.29, 1.82) is 5.26 Å². The summed E-state index contributed by atoms with van der Waals surface area (Å²) in [5.41, 5.74) is 1.02. The molecule has 38 heavy (non-hydrogen) atoms. The van der Waals surface area contributed by atoms with Crippen LogP contribution >= 0.6 is 34.7 Å². The fourth-order valence-corrected chi connectivity index (χ4v) is 5.07. The first-order valence-electron chi connectivity index (χ1n) is 11.1. The fraction of sp³-hybridized carbons (Fsp3) is 0.154. The molecular formula is C26H22ClFN4O4S2. The molecule has 0 radical (unpaired) electrons. The van der Waals surface area contributed by atoms with E-state index in [4.69, 9.17) is 16.3 Å². The normalized spacial score (nSPS) is 11.2. The Labute approximate surface area is 231 Å². The zero-order valence-corrected chi connectivity index (χ0v) is 22.9.